The highest BCUT2D eigenvalue weighted by Gasteiger charge is 2.31. The monoisotopic (exact) mass is 235 g/mol. The first-order chi connectivity index (χ1) is 8.29. The van der Waals surface area contributed by atoms with Gasteiger partial charge in [-0.05, 0) is 12.0 Å². The number of aliphatic hydroxyl groups excluding tert-OH is 1. The van der Waals surface area contributed by atoms with Gasteiger partial charge in [-0.25, -0.2) is 0 Å². The third-order valence-electron chi connectivity index (χ3n) is 2.94. The maximum absolute atomic E-state index is 11.5. The summed E-state index contributed by atoms with van der Waals surface area (Å²) in [4.78, 5) is 11.5. The molecule has 4 nitrogen and oxygen atoms in total. The van der Waals surface area contributed by atoms with Gasteiger partial charge in [0.2, 0.25) is 5.91 Å². The van der Waals surface area contributed by atoms with Crippen LogP contribution in [0.2, 0.25) is 0 Å². The van der Waals surface area contributed by atoms with Crippen molar-refractivity contribution < 1.29 is 14.6 Å². The number of aliphatic hydroxyl groups is 1. The van der Waals surface area contributed by atoms with E-state index in [0.717, 1.165) is 5.56 Å². The summed E-state index contributed by atoms with van der Waals surface area (Å²) in [5, 5.41) is 11.7. The second kappa shape index (κ2) is 5.80. The number of ether oxygens (including phenoxy) is 1. The molecule has 0 saturated carbocycles. The molecule has 4 heteroatoms. The first-order valence-corrected chi connectivity index (χ1v) is 5.82. The summed E-state index contributed by atoms with van der Waals surface area (Å²) in [6.07, 6.45) is 0.657. The molecule has 1 aromatic rings. The summed E-state index contributed by atoms with van der Waals surface area (Å²) in [5.41, 5.74) is 1.10. The number of amides is 1. The Labute approximate surface area is 101 Å². The maximum atomic E-state index is 11.5. The van der Waals surface area contributed by atoms with Gasteiger partial charge >= 0.3 is 0 Å². The van der Waals surface area contributed by atoms with E-state index in [4.69, 9.17) is 9.84 Å². The third kappa shape index (κ3) is 3.28. The van der Waals surface area contributed by atoms with Crippen LogP contribution >= 0.6 is 0 Å². The molecular weight excluding hydrogens is 218 g/mol. The zero-order chi connectivity index (χ0) is 12.1. The summed E-state index contributed by atoms with van der Waals surface area (Å²) >= 11 is 0. The lowest BCUT2D eigenvalue weighted by Crippen LogP contribution is -2.29. The molecule has 0 radical (unpaired) electrons. The predicted molar refractivity (Wildman–Crippen MR) is 63.2 cm³/mol. The Morgan fingerprint density at radius 2 is 2.12 bits per heavy atom. The Hall–Kier alpha value is -1.39. The van der Waals surface area contributed by atoms with Gasteiger partial charge in [0.15, 0.2) is 0 Å². The number of carbonyl (C=O) groups is 1. The molecule has 1 amide bonds. The number of rotatable bonds is 5. The van der Waals surface area contributed by atoms with E-state index in [1.807, 2.05) is 30.3 Å². The van der Waals surface area contributed by atoms with Gasteiger partial charge in [0.25, 0.3) is 0 Å². The molecule has 1 heterocycles. The lowest BCUT2D eigenvalue weighted by Gasteiger charge is -2.08. The maximum Gasteiger partial charge on any atom is 0.225 e. The molecule has 0 aromatic heterocycles. The summed E-state index contributed by atoms with van der Waals surface area (Å²) in [6.45, 7) is 0.937. The van der Waals surface area contributed by atoms with Crippen molar-refractivity contribution in [3.63, 3.8) is 0 Å². The standard InChI is InChI=1S/C13H17NO3/c15-7-12-6-11(13(16)14-12)9-17-8-10-4-2-1-3-5-10/h1-5,11-12,15H,6-9H2,(H,14,16). The summed E-state index contributed by atoms with van der Waals surface area (Å²) < 4.78 is 5.52. The third-order valence-corrected chi connectivity index (χ3v) is 2.94. The SMILES string of the molecule is O=C1NC(CO)CC1COCc1ccccc1. The molecule has 0 aliphatic carbocycles. The van der Waals surface area contributed by atoms with Crippen LogP contribution < -0.4 is 5.32 Å². The number of nitrogens with one attached hydrogen (secondary N) is 1. The van der Waals surface area contributed by atoms with Crippen LogP contribution in [0, 0.1) is 5.92 Å². The van der Waals surface area contributed by atoms with Crippen molar-refractivity contribution in [2.45, 2.75) is 19.1 Å². The van der Waals surface area contributed by atoms with Crippen molar-refractivity contribution in [2.75, 3.05) is 13.2 Å². The van der Waals surface area contributed by atoms with Gasteiger partial charge in [0.05, 0.1) is 31.8 Å². The fourth-order valence-corrected chi connectivity index (χ4v) is 1.99. The topological polar surface area (TPSA) is 58.6 Å². The highest BCUT2D eigenvalue weighted by molar-refractivity contribution is 5.81. The largest absolute Gasteiger partial charge is 0.394 e. The number of hydrogen-bond acceptors (Lipinski definition) is 3. The highest BCUT2D eigenvalue weighted by Crippen LogP contribution is 2.16. The van der Waals surface area contributed by atoms with Gasteiger partial charge in [0, 0.05) is 0 Å². The van der Waals surface area contributed by atoms with E-state index in [0.29, 0.717) is 19.6 Å². The second-order valence-electron chi connectivity index (χ2n) is 4.32. The van der Waals surface area contributed by atoms with Crippen molar-refractivity contribution in [2.24, 2.45) is 5.92 Å². The van der Waals surface area contributed by atoms with Gasteiger partial charge in [-0.15, -0.1) is 0 Å². The van der Waals surface area contributed by atoms with Crippen LogP contribution in [0.25, 0.3) is 0 Å². The molecule has 1 aliphatic heterocycles. The van der Waals surface area contributed by atoms with Crippen LogP contribution in [0.4, 0.5) is 0 Å². The molecule has 1 saturated heterocycles. The summed E-state index contributed by atoms with van der Waals surface area (Å²) in [7, 11) is 0. The molecule has 17 heavy (non-hydrogen) atoms. The van der Waals surface area contributed by atoms with E-state index >= 15 is 0 Å². The average molecular weight is 235 g/mol. The Kier molecular flexibility index (Phi) is 4.12. The molecule has 2 N–H and O–H groups in total. The van der Waals surface area contributed by atoms with E-state index in [1.54, 1.807) is 0 Å². The van der Waals surface area contributed by atoms with E-state index in [-0.39, 0.29) is 24.5 Å². The van der Waals surface area contributed by atoms with E-state index < -0.39 is 0 Å². The van der Waals surface area contributed by atoms with Crippen LogP contribution in [-0.2, 0) is 16.1 Å². The summed E-state index contributed by atoms with van der Waals surface area (Å²) in [6, 6.07) is 9.76. The molecule has 0 bridgehead atoms. The molecule has 0 spiro atoms. The predicted octanol–water partition coefficient (Wildman–Crippen LogP) is 0.700. The Morgan fingerprint density at radius 1 is 1.35 bits per heavy atom. The van der Waals surface area contributed by atoms with Crippen LogP contribution in [-0.4, -0.2) is 30.3 Å². The van der Waals surface area contributed by atoms with Gasteiger partial charge in [-0.2, -0.15) is 0 Å². The van der Waals surface area contributed by atoms with Gasteiger partial charge < -0.3 is 15.2 Å². The lowest BCUT2D eigenvalue weighted by molar-refractivity contribution is -0.124. The van der Waals surface area contributed by atoms with Crippen molar-refractivity contribution in [1.29, 1.82) is 0 Å². The molecule has 2 unspecified atom stereocenters. The number of hydrogen-bond donors (Lipinski definition) is 2. The highest BCUT2D eigenvalue weighted by atomic mass is 16.5. The molecule has 1 aliphatic rings. The van der Waals surface area contributed by atoms with Crippen LogP contribution in [0.3, 0.4) is 0 Å². The Morgan fingerprint density at radius 3 is 2.76 bits per heavy atom. The normalized spacial score (nSPS) is 23.7. The van der Waals surface area contributed by atoms with E-state index in [1.165, 1.54) is 0 Å². The number of carbonyl (C=O) groups excluding carboxylic acids is 1. The van der Waals surface area contributed by atoms with E-state index in [9.17, 15) is 4.79 Å². The van der Waals surface area contributed by atoms with Crippen molar-refractivity contribution in [1.82, 2.24) is 5.32 Å². The molecule has 1 aromatic carbocycles. The first kappa shape index (κ1) is 12.1. The smallest absolute Gasteiger partial charge is 0.225 e. The molecule has 2 rings (SSSR count). The first-order valence-electron chi connectivity index (χ1n) is 5.82. The van der Waals surface area contributed by atoms with E-state index in [2.05, 4.69) is 5.32 Å². The molecule has 1 fully saturated rings. The fraction of sp³-hybridized carbons (Fsp3) is 0.462. The van der Waals surface area contributed by atoms with Crippen LogP contribution in [0.1, 0.15) is 12.0 Å². The van der Waals surface area contributed by atoms with Crippen molar-refractivity contribution >= 4 is 5.91 Å². The minimum atomic E-state index is -0.129. The van der Waals surface area contributed by atoms with Gasteiger partial charge in [0.1, 0.15) is 0 Å². The van der Waals surface area contributed by atoms with Crippen molar-refractivity contribution in [3.05, 3.63) is 35.9 Å². The Bertz CT molecular complexity index is 366. The van der Waals surface area contributed by atoms with Crippen LogP contribution in [0.15, 0.2) is 30.3 Å². The molecule has 2 atom stereocenters. The lowest BCUT2D eigenvalue weighted by atomic mass is 10.1. The second-order valence-corrected chi connectivity index (χ2v) is 4.32. The van der Waals surface area contributed by atoms with Gasteiger partial charge in [-0.3, -0.25) is 4.79 Å². The minimum absolute atomic E-state index is 0.000918. The van der Waals surface area contributed by atoms with Crippen LogP contribution in [0.5, 0.6) is 0 Å². The molecular formula is C13H17NO3. The van der Waals surface area contributed by atoms with Crippen molar-refractivity contribution in [3.8, 4) is 0 Å². The zero-order valence-corrected chi connectivity index (χ0v) is 9.63. The molecule has 92 valence electrons. The quantitative estimate of drug-likeness (QED) is 0.790. The Balaban J connectivity index is 1.74. The van der Waals surface area contributed by atoms with Gasteiger partial charge in [-0.1, -0.05) is 30.3 Å². The number of benzene rings is 1. The zero-order valence-electron chi connectivity index (χ0n) is 9.63. The summed E-state index contributed by atoms with van der Waals surface area (Å²) in [5.74, 6) is -0.145. The minimum Gasteiger partial charge on any atom is -0.394 e. The average Bonchev–Trinajstić information content (AvgIpc) is 2.72. The fourth-order valence-electron chi connectivity index (χ4n) is 1.99.